The Labute approximate surface area is 99.0 Å². The predicted octanol–water partition coefficient (Wildman–Crippen LogP) is 1.83. The standard InChI is InChI=1S/C11H13FO4S/c1-8-3-4-9(11(13)14)7-10(8)17(15,16)6-2-5-12/h3-4,7H,2,5-6H2,1H3,(H,13,14). The number of rotatable bonds is 5. The van der Waals surface area contributed by atoms with E-state index >= 15 is 0 Å². The highest BCUT2D eigenvalue weighted by atomic mass is 32.2. The van der Waals surface area contributed by atoms with Crippen LogP contribution in [-0.2, 0) is 9.84 Å². The van der Waals surface area contributed by atoms with E-state index in [1.807, 2.05) is 0 Å². The Kier molecular flexibility index (Phi) is 4.22. The minimum absolute atomic E-state index is 0.0362. The Morgan fingerprint density at radius 3 is 2.59 bits per heavy atom. The second kappa shape index (κ2) is 5.27. The van der Waals surface area contributed by atoms with E-state index in [0.717, 1.165) is 6.07 Å². The van der Waals surface area contributed by atoms with Gasteiger partial charge in [-0.2, -0.15) is 0 Å². The zero-order valence-electron chi connectivity index (χ0n) is 9.31. The lowest BCUT2D eigenvalue weighted by Crippen LogP contribution is -2.10. The van der Waals surface area contributed by atoms with Gasteiger partial charge in [0.25, 0.3) is 0 Å². The molecular formula is C11H13FO4S. The predicted molar refractivity (Wildman–Crippen MR) is 60.8 cm³/mol. The molecule has 0 aromatic heterocycles. The van der Waals surface area contributed by atoms with Crippen molar-refractivity contribution < 1.29 is 22.7 Å². The van der Waals surface area contributed by atoms with Crippen molar-refractivity contribution in [3.63, 3.8) is 0 Å². The molecule has 17 heavy (non-hydrogen) atoms. The molecule has 0 atom stereocenters. The molecule has 1 N–H and O–H groups in total. The maximum absolute atomic E-state index is 12.0. The van der Waals surface area contributed by atoms with Crippen molar-refractivity contribution in [1.82, 2.24) is 0 Å². The van der Waals surface area contributed by atoms with E-state index in [1.54, 1.807) is 6.92 Å². The monoisotopic (exact) mass is 260 g/mol. The molecule has 0 aliphatic carbocycles. The number of hydrogen-bond donors (Lipinski definition) is 1. The fourth-order valence-corrected chi connectivity index (χ4v) is 3.00. The van der Waals surface area contributed by atoms with Crippen molar-refractivity contribution in [2.24, 2.45) is 0 Å². The van der Waals surface area contributed by atoms with Crippen LogP contribution in [0, 0.1) is 6.92 Å². The number of carboxylic acid groups (broad SMARTS) is 1. The van der Waals surface area contributed by atoms with Gasteiger partial charge in [0, 0.05) is 0 Å². The van der Waals surface area contributed by atoms with Crippen LogP contribution >= 0.6 is 0 Å². The molecule has 1 aromatic rings. The maximum atomic E-state index is 12.0. The Morgan fingerprint density at radius 2 is 2.06 bits per heavy atom. The van der Waals surface area contributed by atoms with Crippen LogP contribution in [0.15, 0.2) is 23.1 Å². The number of aromatic carboxylic acids is 1. The molecule has 0 spiro atoms. The topological polar surface area (TPSA) is 71.4 Å². The Balaban J connectivity index is 3.20. The molecule has 4 nitrogen and oxygen atoms in total. The SMILES string of the molecule is Cc1ccc(C(=O)O)cc1S(=O)(=O)CCCF. The lowest BCUT2D eigenvalue weighted by molar-refractivity contribution is 0.0696. The molecule has 6 heteroatoms. The molecule has 0 heterocycles. The number of benzene rings is 1. The van der Waals surface area contributed by atoms with Gasteiger partial charge >= 0.3 is 5.97 Å². The fourth-order valence-electron chi connectivity index (χ4n) is 1.42. The Morgan fingerprint density at radius 1 is 1.41 bits per heavy atom. The second-order valence-corrected chi connectivity index (χ2v) is 5.72. The van der Waals surface area contributed by atoms with Crippen LogP contribution in [0.2, 0.25) is 0 Å². The molecule has 0 saturated carbocycles. The molecule has 0 amide bonds. The van der Waals surface area contributed by atoms with Crippen molar-refractivity contribution in [3.05, 3.63) is 29.3 Å². The number of hydrogen-bond acceptors (Lipinski definition) is 3. The normalized spacial score (nSPS) is 11.4. The number of carbonyl (C=O) groups is 1. The summed E-state index contributed by atoms with van der Waals surface area (Å²) in [5.41, 5.74) is 0.378. The quantitative estimate of drug-likeness (QED) is 0.876. The summed E-state index contributed by atoms with van der Waals surface area (Å²) in [5.74, 6) is -1.50. The zero-order chi connectivity index (χ0) is 13.1. The zero-order valence-corrected chi connectivity index (χ0v) is 10.1. The number of halogens is 1. The maximum Gasteiger partial charge on any atom is 0.335 e. The highest BCUT2D eigenvalue weighted by Gasteiger charge is 2.18. The number of alkyl halides is 1. The Hall–Kier alpha value is -1.43. The van der Waals surface area contributed by atoms with E-state index in [-0.39, 0.29) is 22.6 Å². The largest absolute Gasteiger partial charge is 0.478 e. The van der Waals surface area contributed by atoms with Crippen LogP contribution in [0.4, 0.5) is 4.39 Å². The first-order valence-corrected chi connectivity index (χ1v) is 6.66. The summed E-state index contributed by atoms with van der Waals surface area (Å²) in [6, 6.07) is 3.89. The third-order valence-corrected chi connectivity index (χ3v) is 4.25. The van der Waals surface area contributed by atoms with Crippen LogP contribution < -0.4 is 0 Å². The summed E-state index contributed by atoms with van der Waals surface area (Å²) >= 11 is 0. The van der Waals surface area contributed by atoms with Crippen LogP contribution in [0.5, 0.6) is 0 Å². The minimum Gasteiger partial charge on any atom is -0.478 e. The van der Waals surface area contributed by atoms with E-state index in [1.165, 1.54) is 12.1 Å². The Bertz CT molecular complexity index is 522. The van der Waals surface area contributed by atoms with Crippen LogP contribution in [-0.4, -0.2) is 31.9 Å². The summed E-state index contributed by atoms with van der Waals surface area (Å²) in [4.78, 5) is 10.7. The summed E-state index contributed by atoms with van der Waals surface area (Å²) < 4.78 is 35.6. The number of aryl methyl sites for hydroxylation is 1. The molecule has 0 unspecified atom stereocenters. The molecule has 94 valence electrons. The second-order valence-electron chi connectivity index (χ2n) is 3.65. The molecule has 1 rings (SSSR count). The van der Waals surface area contributed by atoms with Gasteiger partial charge < -0.3 is 5.11 Å². The summed E-state index contributed by atoms with van der Waals surface area (Å²) in [7, 11) is -3.61. The van der Waals surface area contributed by atoms with E-state index in [9.17, 15) is 17.6 Å². The van der Waals surface area contributed by atoms with E-state index in [0.29, 0.717) is 5.56 Å². The van der Waals surface area contributed by atoms with Gasteiger partial charge in [-0.25, -0.2) is 13.2 Å². The smallest absolute Gasteiger partial charge is 0.335 e. The van der Waals surface area contributed by atoms with Crippen molar-refractivity contribution >= 4 is 15.8 Å². The van der Waals surface area contributed by atoms with Gasteiger partial charge in [0.15, 0.2) is 9.84 Å². The first-order chi connectivity index (χ1) is 7.88. The number of carboxylic acids is 1. The van der Waals surface area contributed by atoms with Crippen LogP contribution in [0.1, 0.15) is 22.3 Å². The third kappa shape index (κ3) is 3.26. The molecular weight excluding hydrogens is 247 g/mol. The molecule has 0 saturated heterocycles. The van der Waals surface area contributed by atoms with Gasteiger partial charge in [-0.3, -0.25) is 4.39 Å². The fraction of sp³-hybridized carbons (Fsp3) is 0.364. The number of sulfone groups is 1. The summed E-state index contributed by atoms with van der Waals surface area (Å²) in [5, 5.41) is 8.79. The average Bonchev–Trinajstić information content (AvgIpc) is 2.26. The molecule has 0 aliphatic heterocycles. The molecule has 0 aliphatic rings. The van der Waals surface area contributed by atoms with E-state index in [2.05, 4.69) is 0 Å². The average molecular weight is 260 g/mol. The van der Waals surface area contributed by atoms with Crippen molar-refractivity contribution in [3.8, 4) is 0 Å². The first kappa shape index (κ1) is 13.6. The van der Waals surface area contributed by atoms with Gasteiger partial charge in [-0.15, -0.1) is 0 Å². The molecule has 0 bridgehead atoms. The van der Waals surface area contributed by atoms with Gasteiger partial charge in [0.1, 0.15) is 0 Å². The van der Waals surface area contributed by atoms with Crippen molar-refractivity contribution in [2.75, 3.05) is 12.4 Å². The van der Waals surface area contributed by atoms with Gasteiger partial charge in [0.05, 0.1) is 22.9 Å². The minimum atomic E-state index is -3.61. The van der Waals surface area contributed by atoms with E-state index < -0.39 is 22.5 Å². The molecule has 0 fully saturated rings. The summed E-state index contributed by atoms with van der Waals surface area (Å²) in [6.07, 6.45) is -0.0843. The first-order valence-electron chi connectivity index (χ1n) is 5.01. The van der Waals surface area contributed by atoms with Crippen LogP contribution in [0.25, 0.3) is 0 Å². The van der Waals surface area contributed by atoms with Gasteiger partial charge in [-0.1, -0.05) is 6.07 Å². The lowest BCUT2D eigenvalue weighted by atomic mass is 10.1. The van der Waals surface area contributed by atoms with Gasteiger partial charge in [0.2, 0.25) is 0 Å². The van der Waals surface area contributed by atoms with Crippen molar-refractivity contribution in [1.29, 1.82) is 0 Å². The van der Waals surface area contributed by atoms with Crippen molar-refractivity contribution in [2.45, 2.75) is 18.2 Å². The third-order valence-electron chi connectivity index (χ3n) is 2.32. The lowest BCUT2D eigenvalue weighted by Gasteiger charge is -2.07. The molecule has 0 radical (unpaired) electrons. The molecule has 1 aromatic carbocycles. The summed E-state index contributed by atoms with van der Waals surface area (Å²) in [6.45, 7) is 0.866. The highest BCUT2D eigenvalue weighted by molar-refractivity contribution is 7.91. The highest BCUT2D eigenvalue weighted by Crippen LogP contribution is 2.19. The van der Waals surface area contributed by atoms with E-state index in [4.69, 9.17) is 5.11 Å². The van der Waals surface area contributed by atoms with Crippen LogP contribution in [0.3, 0.4) is 0 Å². The van der Waals surface area contributed by atoms with Gasteiger partial charge in [-0.05, 0) is 31.0 Å².